The van der Waals surface area contributed by atoms with Gasteiger partial charge >= 0.3 is 0 Å². The quantitative estimate of drug-likeness (QED) is 0.836. The molecule has 0 spiro atoms. The van der Waals surface area contributed by atoms with Crippen molar-refractivity contribution in [2.24, 2.45) is 11.8 Å². The Bertz CT molecular complexity index is 455. The first kappa shape index (κ1) is 14.2. The number of aromatic nitrogens is 3. The van der Waals surface area contributed by atoms with Crippen LogP contribution in [-0.4, -0.2) is 32.8 Å². The van der Waals surface area contributed by atoms with Crippen LogP contribution in [-0.2, 0) is 16.0 Å². The van der Waals surface area contributed by atoms with Crippen LogP contribution >= 0.6 is 0 Å². The Morgan fingerprint density at radius 1 is 1.37 bits per heavy atom. The summed E-state index contributed by atoms with van der Waals surface area (Å²) in [5, 5.41) is 4.17. The molecule has 1 aliphatic heterocycles. The van der Waals surface area contributed by atoms with Crippen molar-refractivity contribution in [1.82, 2.24) is 14.8 Å². The fourth-order valence-corrected chi connectivity index (χ4v) is 2.93. The lowest BCUT2D eigenvalue weighted by molar-refractivity contribution is -0.124. The Morgan fingerprint density at radius 2 is 2.05 bits per heavy atom. The second kappa shape index (κ2) is 5.41. The largest absolute Gasteiger partial charge is 0.375 e. The minimum Gasteiger partial charge on any atom is -0.375 e. The molecule has 1 saturated heterocycles. The maximum Gasteiger partial charge on any atom is 0.146 e. The van der Waals surface area contributed by atoms with Gasteiger partial charge in [0, 0.05) is 12.0 Å². The molecule has 0 aromatic carbocycles. The topological polar surface area (TPSA) is 57.0 Å². The van der Waals surface area contributed by atoms with E-state index in [0.717, 1.165) is 5.82 Å². The second-order valence-electron chi connectivity index (χ2n) is 5.79. The zero-order valence-corrected chi connectivity index (χ0v) is 12.3. The van der Waals surface area contributed by atoms with E-state index >= 15 is 0 Å². The van der Waals surface area contributed by atoms with E-state index in [1.54, 1.807) is 0 Å². The molecule has 0 radical (unpaired) electrons. The molecular weight excluding hydrogens is 242 g/mol. The van der Waals surface area contributed by atoms with Crippen LogP contribution in [0.2, 0.25) is 0 Å². The monoisotopic (exact) mass is 265 g/mol. The average Bonchev–Trinajstić information content (AvgIpc) is 2.85. The Balaban J connectivity index is 2.11. The summed E-state index contributed by atoms with van der Waals surface area (Å²) in [6.07, 6.45) is 2.00. The highest BCUT2D eigenvalue weighted by Crippen LogP contribution is 2.33. The van der Waals surface area contributed by atoms with Gasteiger partial charge in [0.15, 0.2) is 0 Å². The van der Waals surface area contributed by atoms with Gasteiger partial charge in [0.25, 0.3) is 0 Å². The molecule has 2 rings (SSSR count). The van der Waals surface area contributed by atoms with Crippen molar-refractivity contribution in [3.8, 4) is 0 Å². The fourth-order valence-electron chi connectivity index (χ4n) is 2.93. The van der Waals surface area contributed by atoms with Gasteiger partial charge in [-0.3, -0.25) is 4.79 Å². The van der Waals surface area contributed by atoms with E-state index in [4.69, 9.17) is 4.74 Å². The standard InChI is InChI=1S/C14H23N3O2/c1-8(2)17-13(15-7-16-17)6-12(18)14-9(3)10(4)19-11(14)5/h7-11,14H,6H2,1-5H3. The van der Waals surface area contributed by atoms with Gasteiger partial charge < -0.3 is 4.74 Å². The molecule has 4 unspecified atom stereocenters. The van der Waals surface area contributed by atoms with E-state index in [9.17, 15) is 4.79 Å². The number of carbonyl (C=O) groups excluding carboxylic acids is 1. The van der Waals surface area contributed by atoms with E-state index in [2.05, 4.69) is 17.0 Å². The number of hydrogen-bond acceptors (Lipinski definition) is 4. The highest BCUT2D eigenvalue weighted by Gasteiger charge is 2.41. The normalized spacial score (nSPS) is 31.1. The summed E-state index contributed by atoms with van der Waals surface area (Å²) >= 11 is 0. The van der Waals surface area contributed by atoms with Crippen LogP contribution in [0.15, 0.2) is 6.33 Å². The first-order valence-corrected chi connectivity index (χ1v) is 6.98. The minimum atomic E-state index is -0.0349. The van der Waals surface area contributed by atoms with Crippen molar-refractivity contribution in [2.75, 3.05) is 0 Å². The lowest BCUT2D eigenvalue weighted by Gasteiger charge is -2.17. The van der Waals surface area contributed by atoms with Gasteiger partial charge in [-0.1, -0.05) is 6.92 Å². The summed E-state index contributed by atoms with van der Waals surface area (Å²) in [7, 11) is 0. The summed E-state index contributed by atoms with van der Waals surface area (Å²) in [5.74, 6) is 1.18. The van der Waals surface area contributed by atoms with Crippen molar-refractivity contribution in [1.29, 1.82) is 0 Å². The van der Waals surface area contributed by atoms with Crippen LogP contribution in [0.5, 0.6) is 0 Å². The van der Waals surface area contributed by atoms with E-state index in [-0.39, 0.29) is 35.9 Å². The number of nitrogens with zero attached hydrogens (tertiary/aromatic N) is 3. The molecule has 0 N–H and O–H groups in total. The van der Waals surface area contributed by atoms with Crippen molar-refractivity contribution in [3.63, 3.8) is 0 Å². The predicted molar refractivity (Wildman–Crippen MR) is 71.8 cm³/mol. The van der Waals surface area contributed by atoms with Crippen LogP contribution < -0.4 is 0 Å². The summed E-state index contributed by atoms with van der Waals surface area (Å²) in [4.78, 5) is 16.7. The van der Waals surface area contributed by atoms with Gasteiger partial charge in [0.2, 0.25) is 0 Å². The van der Waals surface area contributed by atoms with Crippen LogP contribution in [0, 0.1) is 11.8 Å². The first-order valence-electron chi connectivity index (χ1n) is 6.98. The number of ketones is 1. The van der Waals surface area contributed by atoms with Gasteiger partial charge in [-0.25, -0.2) is 9.67 Å². The number of Topliss-reactive ketones (excluding diaryl/α,β-unsaturated/α-hetero) is 1. The third kappa shape index (κ3) is 2.71. The summed E-state index contributed by atoms with van der Waals surface area (Å²) in [6.45, 7) is 10.2. The average molecular weight is 265 g/mol. The molecule has 5 nitrogen and oxygen atoms in total. The molecule has 2 heterocycles. The number of carbonyl (C=O) groups is 1. The van der Waals surface area contributed by atoms with Gasteiger partial charge in [-0.15, -0.1) is 0 Å². The third-order valence-electron chi connectivity index (χ3n) is 4.08. The molecule has 0 bridgehead atoms. The summed E-state index contributed by atoms with van der Waals surface area (Å²) in [5.41, 5.74) is 0. The number of rotatable bonds is 4. The van der Waals surface area contributed by atoms with Gasteiger partial charge in [-0.05, 0) is 33.6 Å². The molecule has 1 aliphatic rings. The van der Waals surface area contributed by atoms with Gasteiger partial charge in [0.1, 0.15) is 17.9 Å². The second-order valence-corrected chi connectivity index (χ2v) is 5.79. The lowest BCUT2D eigenvalue weighted by atomic mass is 9.85. The molecule has 1 aromatic heterocycles. The first-order chi connectivity index (χ1) is 8.91. The Hall–Kier alpha value is -1.23. The molecule has 0 saturated carbocycles. The van der Waals surface area contributed by atoms with Crippen molar-refractivity contribution < 1.29 is 9.53 Å². The zero-order chi connectivity index (χ0) is 14.2. The van der Waals surface area contributed by atoms with Crippen molar-refractivity contribution in [3.05, 3.63) is 12.2 Å². The van der Waals surface area contributed by atoms with Gasteiger partial charge in [-0.2, -0.15) is 5.10 Å². The Morgan fingerprint density at radius 3 is 2.58 bits per heavy atom. The zero-order valence-electron chi connectivity index (χ0n) is 12.3. The maximum atomic E-state index is 12.5. The van der Waals surface area contributed by atoms with Crippen LogP contribution in [0.1, 0.15) is 46.5 Å². The molecule has 1 fully saturated rings. The highest BCUT2D eigenvalue weighted by atomic mass is 16.5. The SMILES string of the molecule is CC1OC(C)C(C(=O)Cc2ncnn2C(C)C)C1C. The van der Waals surface area contributed by atoms with Crippen molar-refractivity contribution >= 4 is 5.78 Å². The Kier molecular flexibility index (Phi) is 4.04. The van der Waals surface area contributed by atoms with Crippen LogP contribution in [0.25, 0.3) is 0 Å². The molecule has 0 aliphatic carbocycles. The maximum absolute atomic E-state index is 12.5. The third-order valence-corrected chi connectivity index (χ3v) is 4.08. The van der Waals surface area contributed by atoms with Crippen LogP contribution in [0.3, 0.4) is 0 Å². The highest BCUT2D eigenvalue weighted by molar-refractivity contribution is 5.83. The van der Waals surface area contributed by atoms with E-state index in [0.29, 0.717) is 6.42 Å². The lowest BCUT2D eigenvalue weighted by Crippen LogP contribution is -2.29. The van der Waals surface area contributed by atoms with Gasteiger partial charge in [0.05, 0.1) is 18.6 Å². The number of hydrogen-bond donors (Lipinski definition) is 0. The molecular formula is C14H23N3O2. The fraction of sp³-hybridized carbons (Fsp3) is 0.786. The van der Waals surface area contributed by atoms with E-state index in [1.807, 2.05) is 32.4 Å². The molecule has 4 atom stereocenters. The minimum absolute atomic E-state index is 0.00655. The molecule has 106 valence electrons. The number of ether oxygens (including phenoxy) is 1. The summed E-state index contributed by atoms with van der Waals surface area (Å²) < 4.78 is 7.55. The molecule has 5 heteroatoms. The van der Waals surface area contributed by atoms with E-state index in [1.165, 1.54) is 6.33 Å². The van der Waals surface area contributed by atoms with E-state index < -0.39 is 0 Å². The predicted octanol–water partition coefficient (Wildman–Crippen LogP) is 2.03. The smallest absolute Gasteiger partial charge is 0.146 e. The molecule has 0 amide bonds. The van der Waals surface area contributed by atoms with Crippen molar-refractivity contribution in [2.45, 2.75) is 59.3 Å². The van der Waals surface area contributed by atoms with Crippen LogP contribution in [0.4, 0.5) is 0 Å². The molecule has 1 aromatic rings. The summed E-state index contributed by atoms with van der Waals surface area (Å²) in [6, 6.07) is 0.221. The Labute approximate surface area is 114 Å². The molecule has 19 heavy (non-hydrogen) atoms.